The van der Waals surface area contributed by atoms with Gasteiger partial charge in [0.25, 0.3) is 5.91 Å². The Morgan fingerprint density at radius 1 is 1.09 bits per heavy atom. The molecule has 7 heteroatoms. The Morgan fingerprint density at radius 2 is 1.83 bits per heavy atom. The summed E-state index contributed by atoms with van der Waals surface area (Å²) in [7, 11) is 0. The molecule has 1 aromatic heterocycles. The van der Waals surface area contributed by atoms with Crippen LogP contribution in [0.25, 0.3) is 11.0 Å². The van der Waals surface area contributed by atoms with Gasteiger partial charge in [0.05, 0.1) is 28.2 Å². The quantitative estimate of drug-likeness (QED) is 0.688. The van der Waals surface area contributed by atoms with Crippen LogP contribution in [0.15, 0.2) is 48.5 Å². The van der Waals surface area contributed by atoms with E-state index in [2.05, 4.69) is 20.6 Å². The molecule has 0 saturated carbocycles. The summed E-state index contributed by atoms with van der Waals surface area (Å²) in [5, 5.41) is 5.45. The SMILES string of the molecule is O=C(CNC(=O)c1ccccc1Cl)Nc1nc2ccccc2[nH]1. The third-order valence-electron chi connectivity index (χ3n) is 3.18. The number of nitrogens with zero attached hydrogens (tertiary/aromatic N) is 1. The lowest BCUT2D eigenvalue weighted by Crippen LogP contribution is -2.33. The van der Waals surface area contributed by atoms with Gasteiger partial charge in [-0.1, -0.05) is 35.9 Å². The second-order valence-electron chi connectivity index (χ2n) is 4.81. The van der Waals surface area contributed by atoms with Gasteiger partial charge in [-0.3, -0.25) is 14.9 Å². The van der Waals surface area contributed by atoms with Gasteiger partial charge in [0, 0.05) is 0 Å². The zero-order valence-electron chi connectivity index (χ0n) is 12.0. The second-order valence-corrected chi connectivity index (χ2v) is 5.22. The number of benzene rings is 2. The topological polar surface area (TPSA) is 86.9 Å². The number of hydrogen-bond acceptors (Lipinski definition) is 3. The zero-order valence-corrected chi connectivity index (χ0v) is 12.7. The molecule has 3 rings (SSSR count). The fourth-order valence-electron chi connectivity index (χ4n) is 2.09. The van der Waals surface area contributed by atoms with E-state index in [1.807, 2.05) is 24.3 Å². The molecule has 3 aromatic rings. The van der Waals surface area contributed by atoms with E-state index in [9.17, 15) is 9.59 Å². The van der Waals surface area contributed by atoms with E-state index < -0.39 is 5.91 Å². The second kappa shape index (κ2) is 6.50. The lowest BCUT2D eigenvalue weighted by molar-refractivity contribution is -0.115. The summed E-state index contributed by atoms with van der Waals surface area (Å²) in [6.07, 6.45) is 0. The van der Waals surface area contributed by atoms with Gasteiger partial charge >= 0.3 is 0 Å². The van der Waals surface area contributed by atoms with Crippen molar-refractivity contribution in [3.63, 3.8) is 0 Å². The van der Waals surface area contributed by atoms with Gasteiger partial charge in [-0.05, 0) is 24.3 Å². The van der Waals surface area contributed by atoms with E-state index in [4.69, 9.17) is 11.6 Å². The number of H-pyrrole nitrogens is 1. The maximum atomic E-state index is 12.0. The minimum absolute atomic E-state index is 0.179. The molecule has 3 N–H and O–H groups in total. The molecule has 0 spiro atoms. The smallest absolute Gasteiger partial charge is 0.253 e. The molecule has 0 aliphatic heterocycles. The molecule has 0 radical (unpaired) electrons. The fourth-order valence-corrected chi connectivity index (χ4v) is 2.31. The summed E-state index contributed by atoms with van der Waals surface area (Å²) in [5.41, 5.74) is 1.90. The van der Waals surface area contributed by atoms with Crippen LogP contribution in [0.5, 0.6) is 0 Å². The molecule has 0 atom stereocenters. The van der Waals surface area contributed by atoms with Crippen LogP contribution in [-0.2, 0) is 4.79 Å². The van der Waals surface area contributed by atoms with Crippen LogP contribution in [-0.4, -0.2) is 28.3 Å². The summed E-state index contributed by atoms with van der Waals surface area (Å²) in [4.78, 5) is 31.1. The van der Waals surface area contributed by atoms with Crippen LogP contribution in [0.2, 0.25) is 5.02 Å². The van der Waals surface area contributed by atoms with Crippen molar-refractivity contribution >= 4 is 40.4 Å². The zero-order chi connectivity index (χ0) is 16.2. The number of aromatic nitrogens is 2. The van der Waals surface area contributed by atoms with Crippen molar-refractivity contribution in [3.05, 3.63) is 59.1 Å². The van der Waals surface area contributed by atoms with Crippen LogP contribution in [0.3, 0.4) is 0 Å². The molecule has 0 aliphatic carbocycles. The fraction of sp³-hybridized carbons (Fsp3) is 0.0625. The summed E-state index contributed by atoms with van der Waals surface area (Å²) >= 11 is 5.93. The highest BCUT2D eigenvalue weighted by Gasteiger charge is 2.12. The predicted octanol–water partition coefficient (Wildman–Crippen LogP) is 2.58. The molecule has 23 heavy (non-hydrogen) atoms. The number of aromatic amines is 1. The van der Waals surface area contributed by atoms with Crippen molar-refractivity contribution in [2.75, 3.05) is 11.9 Å². The van der Waals surface area contributed by atoms with Gasteiger partial charge in [-0.15, -0.1) is 0 Å². The minimum atomic E-state index is -0.407. The average molecular weight is 329 g/mol. The van der Waals surface area contributed by atoms with Crippen molar-refractivity contribution in [2.45, 2.75) is 0 Å². The first kappa shape index (κ1) is 15.1. The Balaban J connectivity index is 1.59. The maximum Gasteiger partial charge on any atom is 0.253 e. The molecular weight excluding hydrogens is 316 g/mol. The van der Waals surface area contributed by atoms with E-state index in [-0.39, 0.29) is 12.5 Å². The molecule has 2 aromatic carbocycles. The Kier molecular flexibility index (Phi) is 4.25. The Labute approximate surface area is 136 Å². The molecule has 0 bridgehead atoms. The first-order chi connectivity index (χ1) is 11.1. The molecule has 2 amide bonds. The van der Waals surface area contributed by atoms with Gasteiger partial charge in [-0.25, -0.2) is 4.98 Å². The summed E-state index contributed by atoms with van der Waals surface area (Å²) < 4.78 is 0. The van der Waals surface area contributed by atoms with E-state index in [1.165, 1.54) is 0 Å². The van der Waals surface area contributed by atoms with Crippen molar-refractivity contribution in [3.8, 4) is 0 Å². The number of imidazole rings is 1. The van der Waals surface area contributed by atoms with Crippen molar-refractivity contribution in [1.29, 1.82) is 0 Å². The summed E-state index contributed by atoms with van der Waals surface area (Å²) in [5.74, 6) is -0.456. The Bertz CT molecular complexity index is 842. The number of carbonyl (C=O) groups is 2. The molecule has 116 valence electrons. The standard InChI is InChI=1S/C16H13ClN4O2/c17-11-6-2-1-5-10(11)15(23)18-9-14(22)21-16-19-12-7-3-4-8-13(12)20-16/h1-8H,9H2,(H,18,23)(H2,19,20,21,22). The van der Waals surface area contributed by atoms with Gasteiger partial charge in [0.1, 0.15) is 0 Å². The normalized spacial score (nSPS) is 10.5. The highest BCUT2D eigenvalue weighted by molar-refractivity contribution is 6.33. The number of carbonyl (C=O) groups excluding carboxylic acids is 2. The third kappa shape index (κ3) is 3.49. The van der Waals surface area contributed by atoms with E-state index >= 15 is 0 Å². The number of anilines is 1. The third-order valence-corrected chi connectivity index (χ3v) is 3.50. The van der Waals surface area contributed by atoms with E-state index in [0.717, 1.165) is 11.0 Å². The maximum absolute atomic E-state index is 12.0. The number of amides is 2. The van der Waals surface area contributed by atoms with Crippen LogP contribution < -0.4 is 10.6 Å². The van der Waals surface area contributed by atoms with Crippen molar-refractivity contribution in [1.82, 2.24) is 15.3 Å². The van der Waals surface area contributed by atoms with Crippen molar-refractivity contribution < 1.29 is 9.59 Å². The van der Waals surface area contributed by atoms with E-state index in [1.54, 1.807) is 24.3 Å². The molecule has 0 saturated heterocycles. The largest absolute Gasteiger partial charge is 0.343 e. The highest BCUT2D eigenvalue weighted by Crippen LogP contribution is 2.15. The van der Waals surface area contributed by atoms with Crippen LogP contribution in [0.4, 0.5) is 5.95 Å². The van der Waals surface area contributed by atoms with Crippen LogP contribution >= 0.6 is 11.6 Å². The number of nitrogens with one attached hydrogen (secondary N) is 3. The predicted molar refractivity (Wildman–Crippen MR) is 88.5 cm³/mol. The highest BCUT2D eigenvalue weighted by atomic mass is 35.5. The lowest BCUT2D eigenvalue weighted by Gasteiger charge is -2.06. The number of hydrogen-bond donors (Lipinski definition) is 3. The number of halogens is 1. The van der Waals surface area contributed by atoms with Crippen LogP contribution in [0, 0.1) is 0 Å². The number of rotatable bonds is 4. The van der Waals surface area contributed by atoms with Gasteiger partial charge in [0.2, 0.25) is 11.9 Å². The first-order valence-electron chi connectivity index (χ1n) is 6.91. The Morgan fingerprint density at radius 3 is 2.61 bits per heavy atom. The molecular formula is C16H13ClN4O2. The molecule has 1 heterocycles. The first-order valence-corrected chi connectivity index (χ1v) is 7.28. The Hall–Kier alpha value is -2.86. The average Bonchev–Trinajstić information content (AvgIpc) is 2.95. The molecule has 0 unspecified atom stereocenters. The number of fused-ring (bicyclic) bond motifs is 1. The van der Waals surface area contributed by atoms with Crippen LogP contribution in [0.1, 0.15) is 10.4 Å². The number of para-hydroxylation sites is 2. The van der Waals surface area contributed by atoms with Gasteiger partial charge < -0.3 is 10.3 Å². The van der Waals surface area contributed by atoms with Gasteiger partial charge in [0.15, 0.2) is 0 Å². The summed E-state index contributed by atoms with van der Waals surface area (Å²) in [6.45, 7) is -0.179. The van der Waals surface area contributed by atoms with Crippen molar-refractivity contribution in [2.24, 2.45) is 0 Å². The monoisotopic (exact) mass is 328 g/mol. The van der Waals surface area contributed by atoms with E-state index in [0.29, 0.717) is 16.5 Å². The minimum Gasteiger partial charge on any atom is -0.343 e. The summed E-state index contributed by atoms with van der Waals surface area (Å²) in [6, 6.07) is 14.1. The lowest BCUT2D eigenvalue weighted by atomic mass is 10.2. The molecule has 6 nitrogen and oxygen atoms in total. The molecule has 0 aliphatic rings. The molecule has 0 fully saturated rings. The van der Waals surface area contributed by atoms with Gasteiger partial charge in [-0.2, -0.15) is 0 Å².